The Hall–Kier alpha value is -3.59. The molecule has 33 heavy (non-hydrogen) atoms. The molecule has 0 radical (unpaired) electrons. The third-order valence-corrected chi connectivity index (χ3v) is 5.40. The Morgan fingerprint density at radius 1 is 1.12 bits per heavy atom. The lowest BCUT2D eigenvalue weighted by Crippen LogP contribution is -2.49. The van der Waals surface area contributed by atoms with Gasteiger partial charge in [-0.1, -0.05) is 18.2 Å². The molecule has 0 fully saturated rings. The Kier molecular flexibility index (Phi) is 7.55. The minimum absolute atomic E-state index is 0.140. The number of hydrogen-bond acceptors (Lipinski definition) is 6. The summed E-state index contributed by atoms with van der Waals surface area (Å²) in [6, 6.07) is 12.7. The molecule has 3 aromatic rings. The second-order valence-electron chi connectivity index (χ2n) is 8.46. The first-order valence-corrected chi connectivity index (χ1v) is 11.2. The molecular weight excluding hydrogens is 442 g/mol. The van der Waals surface area contributed by atoms with Crippen LogP contribution in [-0.2, 0) is 16.1 Å². The number of ether oxygens (including phenoxy) is 1. The number of primary amides is 1. The zero-order valence-electron chi connectivity index (χ0n) is 18.7. The molecule has 174 valence electrons. The van der Waals surface area contributed by atoms with E-state index in [0.29, 0.717) is 11.3 Å². The summed E-state index contributed by atoms with van der Waals surface area (Å²) in [5, 5.41) is 4.90. The number of furan rings is 1. The molecule has 9 heteroatoms. The standard InChI is InChI=1S/C24H27N3O5S/c1-24(2,3)26-22(29)21(16-8-10-17(11-9-16)32-15-20(25)28)27(14-18-6-5-13-33-18)23(30)19-7-4-12-31-19/h4-13,21H,14-15H2,1-3H3,(H2,25,28)(H,26,29). The van der Waals surface area contributed by atoms with Crippen molar-refractivity contribution < 1.29 is 23.5 Å². The number of carbonyl (C=O) groups is 3. The Morgan fingerprint density at radius 2 is 1.85 bits per heavy atom. The van der Waals surface area contributed by atoms with Gasteiger partial charge >= 0.3 is 0 Å². The first-order valence-electron chi connectivity index (χ1n) is 10.3. The van der Waals surface area contributed by atoms with Crippen LogP contribution in [0.1, 0.15) is 47.8 Å². The molecule has 1 unspecified atom stereocenters. The van der Waals surface area contributed by atoms with Crippen molar-refractivity contribution in [3.63, 3.8) is 0 Å². The van der Waals surface area contributed by atoms with Gasteiger partial charge in [-0.25, -0.2) is 0 Å². The maximum atomic E-state index is 13.5. The van der Waals surface area contributed by atoms with E-state index in [-0.39, 0.29) is 24.8 Å². The van der Waals surface area contributed by atoms with Gasteiger partial charge in [-0.05, 0) is 62.0 Å². The summed E-state index contributed by atoms with van der Waals surface area (Å²) >= 11 is 1.50. The molecule has 0 bridgehead atoms. The van der Waals surface area contributed by atoms with Crippen molar-refractivity contribution in [2.45, 2.75) is 38.9 Å². The maximum absolute atomic E-state index is 13.5. The number of nitrogens with one attached hydrogen (secondary N) is 1. The monoisotopic (exact) mass is 469 g/mol. The van der Waals surface area contributed by atoms with Gasteiger partial charge in [0, 0.05) is 10.4 Å². The van der Waals surface area contributed by atoms with Crippen molar-refractivity contribution in [1.29, 1.82) is 0 Å². The van der Waals surface area contributed by atoms with E-state index in [2.05, 4.69) is 5.32 Å². The normalized spacial score (nSPS) is 12.1. The molecular formula is C24H27N3O5S. The maximum Gasteiger partial charge on any atom is 0.290 e. The quantitative estimate of drug-likeness (QED) is 0.498. The number of thiophene rings is 1. The third kappa shape index (κ3) is 6.69. The van der Waals surface area contributed by atoms with E-state index in [0.717, 1.165) is 4.88 Å². The molecule has 1 aromatic carbocycles. The molecule has 0 aliphatic heterocycles. The van der Waals surface area contributed by atoms with Gasteiger partial charge in [0.1, 0.15) is 11.8 Å². The van der Waals surface area contributed by atoms with Crippen LogP contribution in [0.15, 0.2) is 64.6 Å². The summed E-state index contributed by atoms with van der Waals surface area (Å²) in [5.74, 6) is -0.759. The van der Waals surface area contributed by atoms with Crippen LogP contribution in [0.3, 0.4) is 0 Å². The van der Waals surface area contributed by atoms with Gasteiger partial charge in [-0.15, -0.1) is 11.3 Å². The van der Waals surface area contributed by atoms with Crippen molar-refractivity contribution in [2.24, 2.45) is 5.73 Å². The van der Waals surface area contributed by atoms with Crippen molar-refractivity contribution in [3.8, 4) is 5.75 Å². The molecule has 1 atom stereocenters. The lowest BCUT2D eigenvalue weighted by atomic mass is 10.0. The highest BCUT2D eigenvalue weighted by molar-refractivity contribution is 7.09. The number of nitrogens with zero attached hydrogens (tertiary/aromatic N) is 1. The van der Waals surface area contributed by atoms with Crippen LogP contribution in [0, 0.1) is 0 Å². The van der Waals surface area contributed by atoms with E-state index in [1.807, 2.05) is 38.3 Å². The zero-order valence-corrected chi connectivity index (χ0v) is 19.6. The first kappa shape index (κ1) is 24.1. The van der Waals surface area contributed by atoms with Gasteiger partial charge in [-0.2, -0.15) is 0 Å². The Balaban J connectivity index is 2.01. The number of nitrogens with two attached hydrogens (primary N) is 1. The summed E-state index contributed by atoms with van der Waals surface area (Å²) in [5.41, 5.74) is 5.20. The summed E-state index contributed by atoms with van der Waals surface area (Å²) in [6.45, 7) is 5.59. The number of hydrogen-bond donors (Lipinski definition) is 2. The molecule has 0 saturated carbocycles. The van der Waals surface area contributed by atoms with Gasteiger partial charge in [-0.3, -0.25) is 14.4 Å². The van der Waals surface area contributed by atoms with Gasteiger partial charge < -0.3 is 25.1 Å². The number of rotatable bonds is 9. The molecule has 8 nitrogen and oxygen atoms in total. The highest BCUT2D eigenvalue weighted by Gasteiger charge is 2.35. The highest BCUT2D eigenvalue weighted by Crippen LogP contribution is 2.29. The Morgan fingerprint density at radius 3 is 2.39 bits per heavy atom. The Bertz CT molecular complexity index is 1070. The fourth-order valence-electron chi connectivity index (χ4n) is 3.20. The number of benzene rings is 1. The van der Waals surface area contributed by atoms with Crippen LogP contribution in [0.2, 0.25) is 0 Å². The van der Waals surface area contributed by atoms with Crippen LogP contribution in [-0.4, -0.2) is 34.8 Å². The summed E-state index contributed by atoms with van der Waals surface area (Å²) in [6.07, 6.45) is 1.42. The predicted octanol–water partition coefficient (Wildman–Crippen LogP) is 3.50. The van der Waals surface area contributed by atoms with E-state index in [9.17, 15) is 14.4 Å². The average Bonchev–Trinajstić information content (AvgIpc) is 3.45. The minimum atomic E-state index is -0.936. The third-order valence-electron chi connectivity index (χ3n) is 4.53. The van der Waals surface area contributed by atoms with E-state index in [1.165, 1.54) is 22.5 Å². The number of carbonyl (C=O) groups excluding carboxylic acids is 3. The molecule has 0 aliphatic carbocycles. The molecule has 3 amide bonds. The zero-order chi connectivity index (χ0) is 24.0. The largest absolute Gasteiger partial charge is 0.484 e. The van der Waals surface area contributed by atoms with Crippen LogP contribution in [0.5, 0.6) is 5.75 Å². The van der Waals surface area contributed by atoms with Gasteiger partial charge in [0.25, 0.3) is 11.8 Å². The van der Waals surface area contributed by atoms with Crippen LogP contribution >= 0.6 is 11.3 Å². The van der Waals surface area contributed by atoms with E-state index in [4.69, 9.17) is 14.9 Å². The average molecular weight is 470 g/mol. The van der Waals surface area contributed by atoms with E-state index < -0.39 is 23.4 Å². The summed E-state index contributed by atoms with van der Waals surface area (Å²) in [7, 11) is 0. The Labute approximate surface area is 196 Å². The van der Waals surface area contributed by atoms with Crippen LogP contribution in [0.25, 0.3) is 0 Å². The molecule has 0 spiro atoms. The van der Waals surface area contributed by atoms with Crippen molar-refractivity contribution in [2.75, 3.05) is 6.61 Å². The summed E-state index contributed by atoms with van der Waals surface area (Å²) < 4.78 is 10.7. The van der Waals surface area contributed by atoms with Crippen LogP contribution in [0.4, 0.5) is 0 Å². The second kappa shape index (κ2) is 10.4. The lowest BCUT2D eigenvalue weighted by Gasteiger charge is -2.33. The molecule has 0 saturated heterocycles. The molecule has 2 aromatic heterocycles. The first-order chi connectivity index (χ1) is 15.6. The number of amides is 3. The topological polar surface area (TPSA) is 115 Å². The lowest BCUT2D eigenvalue weighted by molar-refractivity contribution is -0.127. The molecule has 3 N–H and O–H groups in total. The van der Waals surface area contributed by atoms with E-state index >= 15 is 0 Å². The van der Waals surface area contributed by atoms with Gasteiger partial charge in [0.15, 0.2) is 12.4 Å². The fourth-order valence-corrected chi connectivity index (χ4v) is 3.91. The van der Waals surface area contributed by atoms with Crippen molar-refractivity contribution in [3.05, 3.63) is 76.4 Å². The van der Waals surface area contributed by atoms with E-state index in [1.54, 1.807) is 36.4 Å². The molecule has 3 rings (SSSR count). The smallest absolute Gasteiger partial charge is 0.290 e. The van der Waals surface area contributed by atoms with Gasteiger partial charge in [0.2, 0.25) is 5.91 Å². The summed E-state index contributed by atoms with van der Waals surface area (Å²) in [4.78, 5) is 40.3. The highest BCUT2D eigenvalue weighted by atomic mass is 32.1. The minimum Gasteiger partial charge on any atom is -0.484 e. The van der Waals surface area contributed by atoms with Crippen molar-refractivity contribution >= 4 is 29.1 Å². The molecule has 0 aliphatic rings. The predicted molar refractivity (Wildman–Crippen MR) is 125 cm³/mol. The van der Waals surface area contributed by atoms with Crippen LogP contribution < -0.4 is 15.8 Å². The SMILES string of the molecule is CC(C)(C)NC(=O)C(c1ccc(OCC(N)=O)cc1)N(Cc1cccs1)C(=O)c1ccco1. The fraction of sp³-hybridized carbons (Fsp3) is 0.292. The second-order valence-corrected chi connectivity index (χ2v) is 9.49. The molecule has 2 heterocycles. The van der Waals surface area contributed by atoms with Gasteiger partial charge in [0.05, 0.1) is 12.8 Å². The van der Waals surface area contributed by atoms with Crippen molar-refractivity contribution in [1.82, 2.24) is 10.2 Å².